The van der Waals surface area contributed by atoms with Crippen LogP contribution >= 0.6 is 0 Å². The Bertz CT molecular complexity index is 339. The second-order valence-corrected chi connectivity index (χ2v) is 3.59. The van der Waals surface area contributed by atoms with Crippen LogP contribution in [0.3, 0.4) is 0 Å². The Labute approximate surface area is 94.8 Å². The van der Waals surface area contributed by atoms with Gasteiger partial charge in [-0.1, -0.05) is 18.2 Å². The van der Waals surface area contributed by atoms with Gasteiger partial charge in [-0.15, -0.1) is 0 Å². The van der Waals surface area contributed by atoms with Crippen LogP contribution in [0, 0.1) is 0 Å². The van der Waals surface area contributed by atoms with E-state index < -0.39 is 0 Å². The summed E-state index contributed by atoms with van der Waals surface area (Å²) in [5.41, 5.74) is 0. The molecule has 1 heterocycles. The van der Waals surface area contributed by atoms with Crippen molar-refractivity contribution in [1.82, 2.24) is 4.90 Å². The molecule has 0 N–H and O–H groups in total. The minimum Gasteiger partial charge on any atom is -0.492 e. The molecule has 0 bridgehead atoms. The summed E-state index contributed by atoms with van der Waals surface area (Å²) >= 11 is 0. The highest BCUT2D eigenvalue weighted by Crippen LogP contribution is 2.08. The van der Waals surface area contributed by atoms with E-state index in [-0.39, 0.29) is 12.5 Å². The molecule has 0 unspecified atom stereocenters. The summed E-state index contributed by atoms with van der Waals surface area (Å²) in [5.74, 6) is 0.881. The molecular weight excluding hydrogens is 206 g/mol. The largest absolute Gasteiger partial charge is 0.492 e. The van der Waals surface area contributed by atoms with Crippen molar-refractivity contribution in [3.8, 4) is 5.75 Å². The first kappa shape index (κ1) is 11.0. The van der Waals surface area contributed by atoms with Gasteiger partial charge in [-0.3, -0.25) is 4.79 Å². The third-order valence-corrected chi connectivity index (χ3v) is 2.46. The molecule has 1 aromatic rings. The summed E-state index contributed by atoms with van der Waals surface area (Å²) in [6, 6.07) is 9.60. The lowest BCUT2D eigenvalue weighted by Gasteiger charge is -2.26. The molecule has 1 saturated heterocycles. The zero-order valence-corrected chi connectivity index (χ0v) is 9.09. The zero-order chi connectivity index (χ0) is 11.2. The van der Waals surface area contributed by atoms with Gasteiger partial charge in [0.1, 0.15) is 19.0 Å². The van der Waals surface area contributed by atoms with Gasteiger partial charge in [0.2, 0.25) is 5.91 Å². The van der Waals surface area contributed by atoms with Crippen molar-refractivity contribution in [1.29, 1.82) is 0 Å². The van der Waals surface area contributed by atoms with E-state index in [1.165, 1.54) is 0 Å². The number of hydrogen-bond acceptors (Lipinski definition) is 3. The number of para-hydroxylation sites is 1. The predicted octanol–water partition coefficient (Wildman–Crippen LogP) is 0.924. The van der Waals surface area contributed by atoms with Gasteiger partial charge >= 0.3 is 0 Å². The summed E-state index contributed by atoms with van der Waals surface area (Å²) in [4.78, 5) is 13.2. The smallest absolute Gasteiger partial charge is 0.248 e. The molecule has 86 valence electrons. The van der Waals surface area contributed by atoms with E-state index in [1.54, 1.807) is 4.90 Å². The Morgan fingerprint density at radius 2 is 2.12 bits per heavy atom. The van der Waals surface area contributed by atoms with Crippen LogP contribution in [-0.4, -0.2) is 43.7 Å². The Morgan fingerprint density at radius 3 is 2.88 bits per heavy atom. The van der Waals surface area contributed by atoms with Crippen LogP contribution in [0.25, 0.3) is 0 Å². The number of ether oxygens (including phenoxy) is 2. The lowest BCUT2D eigenvalue weighted by Crippen LogP contribution is -2.43. The molecule has 1 fully saturated rings. The molecule has 16 heavy (non-hydrogen) atoms. The van der Waals surface area contributed by atoms with Crippen molar-refractivity contribution in [2.24, 2.45) is 0 Å². The van der Waals surface area contributed by atoms with E-state index in [2.05, 4.69) is 0 Å². The predicted molar refractivity (Wildman–Crippen MR) is 59.3 cm³/mol. The van der Waals surface area contributed by atoms with Crippen LogP contribution in [0.4, 0.5) is 0 Å². The van der Waals surface area contributed by atoms with Crippen molar-refractivity contribution in [3.63, 3.8) is 0 Å². The normalized spacial score (nSPS) is 16.2. The molecule has 1 aliphatic heterocycles. The number of carbonyl (C=O) groups is 1. The van der Waals surface area contributed by atoms with Crippen LogP contribution in [0.15, 0.2) is 30.3 Å². The minimum atomic E-state index is 0.0444. The molecule has 4 heteroatoms. The van der Waals surface area contributed by atoms with Crippen molar-refractivity contribution >= 4 is 5.91 Å². The van der Waals surface area contributed by atoms with E-state index in [4.69, 9.17) is 9.47 Å². The van der Waals surface area contributed by atoms with Crippen LogP contribution in [0.2, 0.25) is 0 Å². The summed E-state index contributed by atoms with van der Waals surface area (Å²) in [6.07, 6.45) is 0. The molecule has 0 radical (unpaired) electrons. The van der Waals surface area contributed by atoms with Crippen molar-refractivity contribution in [2.75, 3.05) is 32.9 Å². The maximum Gasteiger partial charge on any atom is 0.248 e. The average Bonchev–Trinajstić information content (AvgIpc) is 2.33. The first-order valence-corrected chi connectivity index (χ1v) is 5.39. The Kier molecular flexibility index (Phi) is 3.77. The topological polar surface area (TPSA) is 38.8 Å². The molecule has 1 aromatic carbocycles. The highest BCUT2D eigenvalue weighted by Gasteiger charge is 2.17. The van der Waals surface area contributed by atoms with Gasteiger partial charge in [-0.2, -0.15) is 0 Å². The summed E-state index contributed by atoms with van der Waals surface area (Å²) in [5, 5.41) is 0. The van der Waals surface area contributed by atoms with Crippen molar-refractivity contribution < 1.29 is 14.3 Å². The maximum absolute atomic E-state index is 11.4. The number of rotatable bonds is 4. The molecule has 0 saturated carbocycles. The molecule has 4 nitrogen and oxygen atoms in total. The fourth-order valence-electron chi connectivity index (χ4n) is 1.58. The quantitative estimate of drug-likeness (QED) is 0.759. The molecule has 2 rings (SSSR count). The summed E-state index contributed by atoms with van der Waals surface area (Å²) in [7, 11) is 0. The molecule has 0 aliphatic carbocycles. The first-order chi connectivity index (χ1) is 7.86. The van der Waals surface area contributed by atoms with E-state index in [0.29, 0.717) is 26.3 Å². The van der Waals surface area contributed by atoms with Crippen LogP contribution in [-0.2, 0) is 9.53 Å². The third-order valence-electron chi connectivity index (χ3n) is 2.46. The molecule has 1 amide bonds. The zero-order valence-electron chi connectivity index (χ0n) is 9.09. The van der Waals surface area contributed by atoms with Gasteiger partial charge in [0.15, 0.2) is 0 Å². The van der Waals surface area contributed by atoms with Gasteiger partial charge in [0.25, 0.3) is 0 Å². The fraction of sp³-hybridized carbons (Fsp3) is 0.417. The average molecular weight is 221 g/mol. The van der Waals surface area contributed by atoms with E-state index in [0.717, 1.165) is 5.75 Å². The minimum absolute atomic E-state index is 0.0444. The molecule has 1 aliphatic rings. The van der Waals surface area contributed by atoms with Gasteiger partial charge in [0.05, 0.1) is 13.2 Å². The van der Waals surface area contributed by atoms with Crippen molar-refractivity contribution in [3.05, 3.63) is 30.3 Å². The number of nitrogens with zero attached hydrogens (tertiary/aromatic N) is 1. The van der Waals surface area contributed by atoms with E-state index in [9.17, 15) is 4.79 Å². The van der Waals surface area contributed by atoms with Crippen LogP contribution in [0.5, 0.6) is 5.75 Å². The highest BCUT2D eigenvalue weighted by molar-refractivity contribution is 5.77. The molecule has 0 aromatic heterocycles. The number of morpholine rings is 1. The second kappa shape index (κ2) is 5.51. The third kappa shape index (κ3) is 2.97. The van der Waals surface area contributed by atoms with E-state index >= 15 is 0 Å². The Balaban J connectivity index is 1.73. The van der Waals surface area contributed by atoms with Gasteiger partial charge in [0, 0.05) is 6.54 Å². The summed E-state index contributed by atoms with van der Waals surface area (Å²) < 4.78 is 10.6. The Morgan fingerprint density at radius 1 is 1.31 bits per heavy atom. The molecule has 0 atom stereocenters. The highest BCUT2D eigenvalue weighted by atomic mass is 16.5. The standard InChI is InChI=1S/C12H15NO3/c14-12-10-15-8-6-13(12)7-9-16-11-4-2-1-3-5-11/h1-5H,6-10H2. The number of hydrogen-bond donors (Lipinski definition) is 0. The maximum atomic E-state index is 11.4. The van der Waals surface area contributed by atoms with Gasteiger partial charge in [-0.25, -0.2) is 0 Å². The number of carbonyl (C=O) groups excluding carboxylic acids is 1. The molecular formula is C12H15NO3. The number of benzene rings is 1. The van der Waals surface area contributed by atoms with Gasteiger partial charge in [-0.05, 0) is 12.1 Å². The fourth-order valence-corrected chi connectivity index (χ4v) is 1.58. The number of amides is 1. The van der Waals surface area contributed by atoms with E-state index in [1.807, 2.05) is 30.3 Å². The molecule has 0 spiro atoms. The Hall–Kier alpha value is -1.55. The van der Waals surface area contributed by atoms with Gasteiger partial charge < -0.3 is 14.4 Å². The first-order valence-electron chi connectivity index (χ1n) is 5.39. The SMILES string of the molecule is O=C1COCCN1CCOc1ccccc1. The lowest BCUT2D eigenvalue weighted by molar-refractivity contribution is -0.143. The lowest BCUT2D eigenvalue weighted by atomic mass is 10.3. The van der Waals surface area contributed by atoms with Crippen LogP contribution in [0.1, 0.15) is 0 Å². The van der Waals surface area contributed by atoms with Crippen LogP contribution < -0.4 is 4.74 Å². The second-order valence-electron chi connectivity index (χ2n) is 3.59. The van der Waals surface area contributed by atoms with Crippen molar-refractivity contribution in [2.45, 2.75) is 0 Å². The summed E-state index contributed by atoms with van der Waals surface area (Å²) in [6.45, 7) is 2.63. The monoisotopic (exact) mass is 221 g/mol.